The fraction of sp³-hybridized carbons (Fsp3) is 0.545. The summed E-state index contributed by atoms with van der Waals surface area (Å²) in [6.45, 7) is 11.3. The van der Waals surface area contributed by atoms with Gasteiger partial charge in [-0.1, -0.05) is 44.2 Å². The molecule has 0 fully saturated rings. The number of aliphatic carboxylic acids is 1. The second kappa shape index (κ2) is 14.3. The molecule has 1 aliphatic rings. The molecule has 3 unspecified atom stereocenters. The van der Waals surface area contributed by atoms with Crippen molar-refractivity contribution < 1.29 is 24.2 Å². The van der Waals surface area contributed by atoms with E-state index < -0.39 is 12.1 Å². The molecule has 0 aliphatic heterocycles. The molecule has 0 bridgehead atoms. The molecule has 1 aliphatic carbocycles. The fourth-order valence-electron chi connectivity index (χ4n) is 5.82. The van der Waals surface area contributed by atoms with Crippen molar-refractivity contribution in [1.82, 2.24) is 5.32 Å². The Kier molecular flexibility index (Phi) is 11.2. The first-order valence-electron chi connectivity index (χ1n) is 14.4. The first kappa shape index (κ1) is 31.2. The summed E-state index contributed by atoms with van der Waals surface area (Å²) >= 11 is 0. The first-order chi connectivity index (χ1) is 19.0. The van der Waals surface area contributed by atoms with E-state index in [0.29, 0.717) is 25.4 Å². The van der Waals surface area contributed by atoms with Gasteiger partial charge < -0.3 is 19.9 Å². The van der Waals surface area contributed by atoms with E-state index in [4.69, 9.17) is 9.47 Å². The number of esters is 1. The molecule has 2 aromatic rings. The minimum absolute atomic E-state index is 0.0292. The van der Waals surface area contributed by atoms with E-state index in [2.05, 4.69) is 56.4 Å². The quantitative estimate of drug-likeness (QED) is 0.274. The molecule has 2 N–H and O–H groups in total. The van der Waals surface area contributed by atoms with Crippen LogP contribution in [0.5, 0.6) is 5.75 Å². The predicted molar refractivity (Wildman–Crippen MR) is 155 cm³/mol. The maximum Gasteiger partial charge on any atom is 0.345 e. The molecule has 3 atom stereocenters. The van der Waals surface area contributed by atoms with E-state index in [0.717, 1.165) is 31.4 Å². The number of rotatable bonds is 15. The van der Waals surface area contributed by atoms with E-state index in [1.807, 2.05) is 6.92 Å². The number of nitrogens with zero attached hydrogens (tertiary/aromatic N) is 1. The molecule has 7 nitrogen and oxygen atoms in total. The summed E-state index contributed by atoms with van der Waals surface area (Å²) in [5, 5.41) is 23.3. The molecule has 0 aromatic heterocycles. The SMILES string of the molecule is CCOC(=O)CCc1ccc(C#N)c(OC(C(=O)O)C(C)CC(C)CNC(C)(C)CC2Cc3ccccc3C2)c1. The van der Waals surface area contributed by atoms with Crippen LogP contribution in [0, 0.1) is 29.1 Å². The van der Waals surface area contributed by atoms with Gasteiger partial charge >= 0.3 is 11.9 Å². The summed E-state index contributed by atoms with van der Waals surface area (Å²) in [6, 6.07) is 15.8. The maximum absolute atomic E-state index is 12.2. The lowest BCUT2D eigenvalue weighted by molar-refractivity contribution is -0.147. The standard InChI is InChI=1S/C33H44N2O5/c1-6-39-30(36)14-12-24-11-13-28(20-34)29(18-24)40-31(32(37)38)23(3)15-22(2)21-35-33(4,5)19-25-16-26-9-7-8-10-27(26)17-25/h7-11,13,18,22-23,25,31,35H,6,12,14-17,19,21H2,1-5H3,(H,37,38). The molecule has 2 aromatic carbocycles. The number of carbonyl (C=O) groups is 2. The van der Waals surface area contributed by atoms with E-state index in [-0.39, 0.29) is 41.1 Å². The second-order valence-electron chi connectivity index (χ2n) is 12.0. The van der Waals surface area contributed by atoms with Gasteiger partial charge in [-0.05, 0) is 100 Å². The van der Waals surface area contributed by atoms with Gasteiger partial charge in [0.25, 0.3) is 0 Å². The molecule has 0 amide bonds. The predicted octanol–water partition coefficient (Wildman–Crippen LogP) is 5.72. The summed E-state index contributed by atoms with van der Waals surface area (Å²) in [6.07, 6.45) is 3.50. The Morgan fingerprint density at radius 2 is 1.82 bits per heavy atom. The van der Waals surface area contributed by atoms with Crippen molar-refractivity contribution in [3.05, 3.63) is 64.7 Å². The third-order valence-electron chi connectivity index (χ3n) is 7.74. The Hall–Kier alpha value is -3.37. The highest BCUT2D eigenvalue weighted by molar-refractivity contribution is 5.73. The summed E-state index contributed by atoms with van der Waals surface area (Å²) < 4.78 is 10.9. The van der Waals surface area contributed by atoms with Crippen molar-refractivity contribution in [2.24, 2.45) is 17.8 Å². The number of nitrogens with one attached hydrogen (secondary N) is 1. The number of hydrogen-bond donors (Lipinski definition) is 2. The van der Waals surface area contributed by atoms with Gasteiger partial charge in [-0.3, -0.25) is 4.79 Å². The van der Waals surface area contributed by atoms with Gasteiger partial charge in [0, 0.05) is 17.9 Å². The van der Waals surface area contributed by atoms with Crippen LogP contribution in [0.4, 0.5) is 0 Å². The van der Waals surface area contributed by atoms with Gasteiger partial charge in [0.2, 0.25) is 0 Å². The number of hydrogen-bond acceptors (Lipinski definition) is 6. The molecule has 0 spiro atoms. The average molecular weight is 549 g/mol. The van der Waals surface area contributed by atoms with Crippen LogP contribution in [0.15, 0.2) is 42.5 Å². The van der Waals surface area contributed by atoms with Gasteiger partial charge in [-0.25, -0.2) is 4.79 Å². The zero-order valence-electron chi connectivity index (χ0n) is 24.5. The summed E-state index contributed by atoms with van der Waals surface area (Å²) in [7, 11) is 0. The topological polar surface area (TPSA) is 109 Å². The van der Waals surface area contributed by atoms with Crippen LogP contribution in [0.25, 0.3) is 0 Å². The summed E-state index contributed by atoms with van der Waals surface area (Å²) in [5.41, 5.74) is 3.95. The van der Waals surface area contributed by atoms with Crippen molar-refractivity contribution in [2.45, 2.75) is 84.8 Å². The van der Waals surface area contributed by atoms with Gasteiger partial charge in [-0.2, -0.15) is 5.26 Å². The van der Waals surface area contributed by atoms with E-state index in [1.54, 1.807) is 25.1 Å². The van der Waals surface area contributed by atoms with Crippen molar-refractivity contribution in [2.75, 3.05) is 13.2 Å². The molecule has 7 heteroatoms. The normalized spacial score (nSPS) is 15.5. The molecule has 0 radical (unpaired) electrons. The van der Waals surface area contributed by atoms with Crippen LogP contribution in [-0.2, 0) is 33.6 Å². The Balaban J connectivity index is 1.55. The molecule has 0 saturated heterocycles. The van der Waals surface area contributed by atoms with E-state index in [9.17, 15) is 20.0 Å². The molecule has 216 valence electrons. The lowest BCUT2D eigenvalue weighted by Crippen LogP contribution is -2.44. The van der Waals surface area contributed by atoms with Crippen LogP contribution in [-0.4, -0.2) is 41.8 Å². The van der Waals surface area contributed by atoms with Gasteiger partial charge in [0.15, 0.2) is 6.10 Å². The number of carboxylic acid groups (broad SMARTS) is 1. The van der Waals surface area contributed by atoms with Gasteiger partial charge in [-0.15, -0.1) is 0 Å². The number of benzene rings is 2. The highest BCUT2D eigenvalue weighted by Crippen LogP contribution is 2.32. The van der Waals surface area contributed by atoms with Gasteiger partial charge in [0.1, 0.15) is 11.8 Å². The number of ether oxygens (including phenoxy) is 2. The Labute approximate surface area is 238 Å². The molecule has 0 heterocycles. The Morgan fingerprint density at radius 3 is 2.42 bits per heavy atom. The zero-order valence-corrected chi connectivity index (χ0v) is 24.5. The Bertz CT molecular complexity index is 1180. The van der Waals surface area contributed by atoms with Gasteiger partial charge in [0.05, 0.1) is 12.2 Å². The molecule has 0 saturated carbocycles. The number of carboxylic acids is 1. The Morgan fingerprint density at radius 1 is 1.15 bits per heavy atom. The van der Waals surface area contributed by atoms with Crippen LogP contribution in [0.3, 0.4) is 0 Å². The monoisotopic (exact) mass is 548 g/mol. The highest BCUT2D eigenvalue weighted by Gasteiger charge is 2.31. The van der Waals surface area contributed by atoms with Crippen molar-refractivity contribution in [1.29, 1.82) is 5.26 Å². The third-order valence-corrected chi connectivity index (χ3v) is 7.74. The molecular formula is C33H44N2O5. The minimum atomic E-state index is -1.10. The van der Waals surface area contributed by atoms with Crippen LogP contribution < -0.4 is 10.1 Å². The van der Waals surface area contributed by atoms with Crippen molar-refractivity contribution in [3.63, 3.8) is 0 Å². The lowest BCUT2D eigenvalue weighted by Gasteiger charge is -2.32. The number of carbonyl (C=O) groups excluding carboxylic acids is 1. The average Bonchev–Trinajstić information content (AvgIpc) is 3.31. The number of nitriles is 1. The summed E-state index contributed by atoms with van der Waals surface area (Å²) in [4.78, 5) is 24.0. The molecular weight excluding hydrogens is 504 g/mol. The van der Waals surface area contributed by atoms with Crippen LogP contribution in [0.2, 0.25) is 0 Å². The second-order valence-corrected chi connectivity index (χ2v) is 12.0. The summed E-state index contributed by atoms with van der Waals surface area (Å²) in [5.74, 6) is -0.558. The first-order valence-corrected chi connectivity index (χ1v) is 14.4. The van der Waals surface area contributed by atoms with Crippen LogP contribution >= 0.6 is 0 Å². The number of aryl methyl sites for hydroxylation is 1. The van der Waals surface area contributed by atoms with Crippen molar-refractivity contribution in [3.8, 4) is 11.8 Å². The lowest BCUT2D eigenvalue weighted by atomic mass is 9.87. The fourth-order valence-corrected chi connectivity index (χ4v) is 5.82. The minimum Gasteiger partial charge on any atom is -0.478 e. The highest BCUT2D eigenvalue weighted by atomic mass is 16.5. The molecule has 40 heavy (non-hydrogen) atoms. The van der Waals surface area contributed by atoms with Crippen LogP contribution in [0.1, 0.15) is 76.1 Å². The molecule has 3 rings (SSSR count). The number of fused-ring (bicyclic) bond motifs is 1. The smallest absolute Gasteiger partial charge is 0.345 e. The largest absolute Gasteiger partial charge is 0.478 e. The maximum atomic E-state index is 12.2. The van der Waals surface area contributed by atoms with E-state index in [1.165, 1.54) is 11.1 Å². The van der Waals surface area contributed by atoms with Crippen molar-refractivity contribution >= 4 is 11.9 Å². The third kappa shape index (κ3) is 9.09. The zero-order chi connectivity index (χ0) is 29.3. The van der Waals surface area contributed by atoms with E-state index >= 15 is 0 Å².